The van der Waals surface area contributed by atoms with Crippen molar-refractivity contribution in [2.45, 2.75) is 26.8 Å². The van der Waals surface area contributed by atoms with Crippen molar-refractivity contribution in [2.24, 2.45) is 0 Å². The molecule has 122 valence electrons. The second kappa shape index (κ2) is 5.73. The lowest BCUT2D eigenvalue weighted by Gasteiger charge is -2.05. The Morgan fingerprint density at radius 1 is 1.29 bits per heavy atom. The normalized spacial score (nSPS) is 15.4. The lowest BCUT2D eigenvalue weighted by Crippen LogP contribution is -2.20. The average molecular weight is 377 g/mol. The molecule has 0 saturated carbocycles. The Balaban J connectivity index is 1.93. The van der Waals surface area contributed by atoms with Crippen LogP contribution in [0.4, 0.5) is 0 Å². The number of fused-ring (bicyclic) bond motifs is 2. The summed E-state index contributed by atoms with van der Waals surface area (Å²) >= 11 is 14.0. The van der Waals surface area contributed by atoms with E-state index < -0.39 is 0 Å². The molecule has 1 aliphatic heterocycles. The number of benzene rings is 1. The Morgan fingerprint density at radius 2 is 2.08 bits per heavy atom. The lowest BCUT2D eigenvalue weighted by atomic mass is 10.1. The molecule has 0 atom stereocenters. The molecule has 1 aromatic carbocycles. The first-order valence-electron chi connectivity index (χ1n) is 7.63. The fourth-order valence-corrected chi connectivity index (χ4v) is 4.46. The molecule has 6 heteroatoms. The van der Waals surface area contributed by atoms with Gasteiger partial charge in [-0.1, -0.05) is 35.3 Å². The maximum atomic E-state index is 12.8. The van der Waals surface area contributed by atoms with Gasteiger partial charge in [-0.05, 0) is 49.1 Å². The zero-order valence-electron chi connectivity index (χ0n) is 13.2. The van der Waals surface area contributed by atoms with Gasteiger partial charge in [0, 0.05) is 11.4 Å². The third-order valence-corrected chi connectivity index (χ3v) is 6.43. The minimum atomic E-state index is 0.0532. The molecular formula is C18H14Cl2N2OS. The Hall–Kier alpha value is -1.62. The van der Waals surface area contributed by atoms with Gasteiger partial charge in [-0.25, -0.2) is 4.98 Å². The largest absolute Gasteiger partial charge is 0.292 e. The Kier molecular flexibility index (Phi) is 3.79. The van der Waals surface area contributed by atoms with Gasteiger partial charge < -0.3 is 0 Å². The lowest BCUT2D eigenvalue weighted by molar-refractivity contribution is 0.726. The van der Waals surface area contributed by atoms with Crippen LogP contribution in [0.2, 0.25) is 10.0 Å². The van der Waals surface area contributed by atoms with Gasteiger partial charge in [0.2, 0.25) is 0 Å². The molecular weight excluding hydrogens is 363 g/mol. The number of rotatable bonds is 1. The van der Waals surface area contributed by atoms with E-state index in [1.165, 1.54) is 0 Å². The monoisotopic (exact) mass is 376 g/mol. The Labute approximate surface area is 153 Å². The number of hydrogen-bond donors (Lipinski definition) is 0. The highest BCUT2D eigenvalue weighted by Crippen LogP contribution is 2.34. The summed E-state index contributed by atoms with van der Waals surface area (Å²) in [7, 11) is 0. The van der Waals surface area contributed by atoms with Crippen molar-refractivity contribution in [1.29, 1.82) is 0 Å². The van der Waals surface area contributed by atoms with E-state index in [4.69, 9.17) is 28.2 Å². The maximum absolute atomic E-state index is 12.8. The van der Waals surface area contributed by atoms with Crippen LogP contribution in [0, 0.1) is 13.8 Å². The van der Waals surface area contributed by atoms with Gasteiger partial charge in [0.05, 0.1) is 15.4 Å². The number of aromatic nitrogens is 2. The van der Waals surface area contributed by atoms with Crippen LogP contribution in [-0.4, -0.2) is 9.55 Å². The van der Waals surface area contributed by atoms with Crippen molar-refractivity contribution < 1.29 is 0 Å². The van der Waals surface area contributed by atoms with Crippen LogP contribution in [0.25, 0.3) is 21.9 Å². The zero-order chi connectivity index (χ0) is 17.0. The van der Waals surface area contributed by atoms with E-state index in [1.807, 2.05) is 32.1 Å². The molecule has 0 radical (unpaired) electrons. The molecule has 0 N–H and O–H groups in total. The standard InChI is InChI=1S/C18H14Cl2N2OS/c1-9-10(2)24-17-14(9)18(23)22-7-6-12(16(22)21-17)8-11-4-3-5-13(19)15(11)20/h3-5,8H,6-7H2,1-2H3/b12-8-. The number of aryl methyl sites for hydroxylation is 2. The van der Waals surface area contributed by atoms with E-state index in [-0.39, 0.29) is 5.56 Å². The van der Waals surface area contributed by atoms with Gasteiger partial charge in [-0.15, -0.1) is 11.3 Å². The summed E-state index contributed by atoms with van der Waals surface area (Å²) in [5.41, 5.74) is 2.96. The molecule has 1 aliphatic rings. The Bertz CT molecular complexity index is 1080. The summed E-state index contributed by atoms with van der Waals surface area (Å²) in [6.45, 7) is 4.66. The van der Waals surface area contributed by atoms with Gasteiger partial charge in [0.25, 0.3) is 5.56 Å². The highest BCUT2D eigenvalue weighted by atomic mass is 35.5. The van der Waals surface area contributed by atoms with Crippen molar-refractivity contribution in [2.75, 3.05) is 0 Å². The third-order valence-electron chi connectivity index (χ3n) is 4.49. The van der Waals surface area contributed by atoms with Gasteiger partial charge in [0.15, 0.2) is 0 Å². The molecule has 3 aromatic rings. The van der Waals surface area contributed by atoms with E-state index in [2.05, 4.69) is 0 Å². The first-order valence-corrected chi connectivity index (χ1v) is 9.20. The van der Waals surface area contributed by atoms with Gasteiger partial charge in [0.1, 0.15) is 10.7 Å². The summed E-state index contributed by atoms with van der Waals surface area (Å²) in [5, 5.41) is 1.80. The van der Waals surface area contributed by atoms with Gasteiger partial charge in [-0.3, -0.25) is 9.36 Å². The molecule has 0 amide bonds. The number of hydrogen-bond acceptors (Lipinski definition) is 3. The van der Waals surface area contributed by atoms with E-state index >= 15 is 0 Å². The molecule has 0 saturated heterocycles. The van der Waals surface area contributed by atoms with E-state index in [9.17, 15) is 4.79 Å². The SMILES string of the molecule is Cc1sc2nc3n(c(=O)c2c1C)CC/C3=C/c1cccc(Cl)c1Cl. The summed E-state index contributed by atoms with van der Waals surface area (Å²) in [4.78, 5) is 19.5. The fourth-order valence-electron chi connectivity index (χ4n) is 3.08. The van der Waals surface area contributed by atoms with Crippen LogP contribution in [0.1, 0.15) is 28.2 Å². The highest BCUT2D eigenvalue weighted by Gasteiger charge is 2.23. The van der Waals surface area contributed by atoms with Crippen LogP contribution in [-0.2, 0) is 6.54 Å². The van der Waals surface area contributed by atoms with Crippen LogP contribution >= 0.6 is 34.5 Å². The second-order valence-corrected chi connectivity index (χ2v) is 7.91. The maximum Gasteiger partial charge on any atom is 0.262 e. The van der Waals surface area contributed by atoms with Crippen molar-refractivity contribution in [3.8, 4) is 0 Å². The summed E-state index contributed by atoms with van der Waals surface area (Å²) in [6.07, 6.45) is 2.75. The van der Waals surface area contributed by atoms with Crippen molar-refractivity contribution in [3.63, 3.8) is 0 Å². The molecule has 0 fully saturated rings. The summed E-state index contributed by atoms with van der Waals surface area (Å²) in [6, 6.07) is 5.54. The third kappa shape index (κ3) is 2.32. The number of nitrogens with zero attached hydrogens (tertiary/aromatic N) is 2. The predicted octanol–water partition coefficient (Wildman–Crippen LogP) is 5.33. The number of halogens is 2. The number of thiophene rings is 1. The minimum absolute atomic E-state index is 0.0532. The molecule has 3 nitrogen and oxygen atoms in total. The molecule has 0 spiro atoms. The van der Waals surface area contributed by atoms with Crippen LogP contribution in [0.3, 0.4) is 0 Å². The fraction of sp³-hybridized carbons (Fsp3) is 0.222. The van der Waals surface area contributed by atoms with Crippen molar-refractivity contribution >= 4 is 56.4 Å². The zero-order valence-corrected chi connectivity index (χ0v) is 15.5. The van der Waals surface area contributed by atoms with Gasteiger partial charge >= 0.3 is 0 Å². The quantitative estimate of drug-likeness (QED) is 0.575. The van der Waals surface area contributed by atoms with Crippen LogP contribution in [0.5, 0.6) is 0 Å². The highest BCUT2D eigenvalue weighted by molar-refractivity contribution is 7.18. The Morgan fingerprint density at radius 3 is 2.88 bits per heavy atom. The summed E-state index contributed by atoms with van der Waals surface area (Å²) < 4.78 is 1.77. The molecule has 2 aromatic heterocycles. The molecule has 0 bridgehead atoms. The van der Waals surface area contributed by atoms with Crippen LogP contribution < -0.4 is 5.56 Å². The smallest absolute Gasteiger partial charge is 0.262 e. The van der Waals surface area contributed by atoms with E-state index in [0.29, 0.717) is 16.6 Å². The second-order valence-electron chi connectivity index (χ2n) is 5.92. The molecule has 4 rings (SSSR count). The predicted molar refractivity (Wildman–Crippen MR) is 102 cm³/mol. The summed E-state index contributed by atoms with van der Waals surface area (Å²) in [5.74, 6) is 0.741. The molecule has 0 aliphatic carbocycles. The first kappa shape index (κ1) is 15.9. The van der Waals surface area contributed by atoms with Crippen molar-refractivity contribution in [1.82, 2.24) is 9.55 Å². The van der Waals surface area contributed by atoms with Gasteiger partial charge in [-0.2, -0.15) is 0 Å². The topological polar surface area (TPSA) is 34.9 Å². The van der Waals surface area contributed by atoms with Crippen LogP contribution in [0.15, 0.2) is 23.0 Å². The average Bonchev–Trinajstić information content (AvgIpc) is 3.07. The van der Waals surface area contributed by atoms with E-state index in [1.54, 1.807) is 22.0 Å². The van der Waals surface area contributed by atoms with E-state index in [0.717, 1.165) is 44.0 Å². The first-order chi connectivity index (χ1) is 11.5. The number of allylic oxidation sites excluding steroid dienone is 1. The van der Waals surface area contributed by atoms with Crippen molar-refractivity contribution in [3.05, 3.63) is 60.4 Å². The molecule has 0 unspecified atom stereocenters. The molecule has 3 heterocycles. The molecule has 24 heavy (non-hydrogen) atoms. The minimum Gasteiger partial charge on any atom is -0.292 e.